The molecule has 1 aromatic carbocycles. The summed E-state index contributed by atoms with van der Waals surface area (Å²) >= 11 is 0. The van der Waals surface area contributed by atoms with Crippen molar-refractivity contribution in [3.8, 4) is 0 Å². The molecule has 1 aliphatic heterocycles. The normalized spacial score (nSPS) is 18.0. The molecule has 24 heavy (non-hydrogen) atoms. The van der Waals surface area contributed by atoms with E-state index in [0.29, 0.717) is 0 Å². The quantitative estimate of drug-likeness (QED) is 0.329. The summed E-state index contributed by atoms with van der Waals surface area (Å²) in [6.07, 6.45) is 13.7. The molecule has 0 radical (unpaired) electrons. The van der Waals surface area contributed by atoms with Crippen molar-refractivity contribution >= 4 is 0 Å². The highest BCUT2D eigenvalue weighted by atomic mass is 15.3. The Balaban J connectivity index is 1.78. The number of quaternary nitrogens is 1. The molecule has 1 nitrogen and oxygen atoms in total. The van der Waals surface area contributed by atoms with Crippen LogP contribution >= 0.6 is 0 Å². The van der Waals surface area contributed by atoms with E-state index in [-0.39, 0.29) is 0 Å². The van der Waals surface area contributed by atoms with E-state index in [1.54, 1.807) is 5.56 Å². The summed E-state index contributed by atoms with van der Waals surface area (Å²) in [7, 11) is 2.44. The Bertz CT molecular complexity index is 442. The largest absolute Gasteiger partial charge is 0.326 e. The zero-order chi connectivity index (χ0) is 17.3. The Labute approximate surface area is 151 Å². The predicted molar refractivity (Wildman–Crippen MR) is 107 cm³/mol. The highest BCUT2D eigenvalue weighted by Crippen LogP contribution is 2.26. The smallest absolute Gasteiger partial charge is 0.0825 e. The molecule has 2 rings (SSSR count). The van der Waals surface area contributed by atoms with Crippen LogP contribution < -0.4 is 0 Å². The average molecular weight is 331 g/mol. The molecule has 0 spiro atoms. The van der Waals surface area contributed by atoms with E-state index in [1.807, 2.05) is 0 Å². The van der Waals surface area contributed by atoms with Crippen molar-refractivity contribution in [1.29, 1.82) is 0 Å². The third-order valence-electron chi connectivity index (χ3n) is 6.19. The molecule has 0 aliphatic carbocycles. The van der Waals surface area contributed by atoms with Crippen molar-refractivity contribution in [3.05, 3.63) is 35.4 Å². The van der Waals surface area contributed by atoms with Crippen LogP contribution in [-0.2, 0) is 6.42 Å². The zero-order valence-electron chi connectivity index (χ0n) is 16.5. The van der Waals surface area contributed by atoms with E-state index in [4.69, 9.17) is 0 Å². The van der Waals surface area contributed by atoms with Crippen LogP contribution in [0.25, 0.3) is 0 Å². The first-order valence-electron chi connectivity index (χ1n) is 10.6. The van der Waals surface area contributed by atoms with Crippen LogP contribution in [0.5, 0.6) is 0 Å². The minimum Gasteiger partial charge on any atom is -0.326 e. The molecule has 1 heteroatoms. The molecule has 1 saturated heterocycles. The molecule has 0 bridgehead atoms. The molecule has 136 valence electrons. The number of unbranched alkanes of at least 4 members (excludes halogenated alkanes) is 4. The number of rotatable bonds is 11. The van der Waals surface area contributed by atoms with Gasteiger partial charge in [0, 0.05) is 19.3 Å². The van der Waals surface area contributed by atoms with Crippen molar-refractivity contribution in [3.63, 3.8) is 0 Å². The molecule has 1 unspecified atom stereocenters. The van der Waals surface area contributed by atoms with Gasteiger partial charge in [-0.05, 0) is 29.9 Å². The van der Waals surface area contributed by atoms with Crippen LogP contribution in [0.4, 0.5) is 0 Å². The summed E-state index contributed by atoms with van der Waals surface area (Å²) in [5.41, 5.74) is 3.10. The van der Waals surface area contributed by atoms with Gasteiger partial charge in [-0.25, -0.2) is 0 Å². The van der Waals surface area contributed by atoms with Crippen LogP contribution in [0, 0.1) is 0 Å². The van der Waals surface area contributed by atoms with E-state index in [1.165, 1.54) is 93.9 Å². The van der Waals surface area contributed by atoms with Crippen molar-refractivity contribution < 1.29 is 4.48 Å². The molecule has 1 aromatic rings. The SMILES string of the molecule is CCCCCCCC(CC)c1ccc(CC[N+]2(C)CCCC2)cc1. The van der Waals surface area contributed by atoms with Gasteiger partial charge in [-0.2, -0.15) is 0 Å². The second-order valence-corrected chi connectivity index (χ2v) is 8.30. The predicted octanol–water partition coefficient (Wildman–Crippen LogP) is 6.32. The second kappa shape index (κ2) is 10.2. The van der Waals surface area contributed by atoms with Crippen LogP contribution in [-0.4, -0.2) is 31.2 Å². The summed E-state index contributed by atoms with van der Waals surface area (Å²) < 4.78 is 1.29. The van der Waals surface area contributed by atoms with Gasteiger partial charge in [0.25, 0.3) is 0 Å². The van der Waals surface area contributed by atoms with Gasteiger partial charge in [-0.3, -0.25) is 0 Å². The maximum Gasteiger partial charge on any atom is 0.0825 e. The standard InChI is InChI=1S/C23H40N/c1-4-6-7-8-9-12-22(5-2)23-15-13-21(14-16-23)17-20-24(3)18-10-11-19-24/h13-16,22H,4-12,17-20H2,1-3H3/q+1. The molecule has 0 saturated carbocycles. The Kier molecular flexibility index (Phi) is 8.32. The van der Waals surface area contributed by atoms with Gasteiger partial charge in [-0.15, -0.1) is 0 Å². The molecule has 0 aromatic heterocycles. The van der Waals surface area contributed by atoms with Crippen molar-refractivity contribution in [1.82, 2.24) is 0 Å². The lowest BCUT2D eigenvalue weighted by atomic mass is 9.90. The lowest BCUT2D eigenvalue weighted by Crippen LogP contribution is -2.42. The van der Waals surface area contributed by atoms with Gasteiger partial charge in [0.05, 0.1) is 26.7 Å². The van der Waals surface area contributed by atoms with E-state index in [0.717, 1.165) is 5.92 Å². The highest BCUT2D eigenvalue weighted by Gasteiger charge is 2.26. The first-order chi connectivity index (χ1) is 11.7. The molecule has 1 heterocycles. The first-order valence-corrected chi connectivity index (χ1v) is 10.6. The number of likely N-dealkylation sites (N-methyl/N-ethyl adjacent to an activating group) is 1. The maximum absolute atomic E-state index is 2.44. The van der Waals surface area contributed by atoms with Gasteiger partial charge >= 0.3 is 0 Å². The second-order valence-electron chi connectivity index (χ2n) is 8.30. The number of hydrogen-bond donors (Lipinski definition) is 0. The molecule has 1 aliphatic rings. The molecule has 1 fully saturated rings. The first kappa shape index (κ1) is 19.5. The molecule has 0 N–H and O–H groups in total. The topological polar surface area (TPSA) is 0 Å². The minimum absolute atomic E-state index is 0.767. The lowest BCUT2D eigenvalue weighted by Gasteiger charge is -2.29. The lowest BCUT2D eigenvalue weighted by molar-refractivity contribution is -0.897. The van der Waals surface area contributed by atoms with Gasteiger partial charge in [0.15, 0.2) is 0 Å². The summed E-state index contributed by atoms with van der Waals surface area (Å²) in [4.78, 5) is 0. The number of hydrogen-bond acceptors (Lipinski definition) is 0. The number of nitrogens with zero attached hydrogens (tertiary/aromatic N) is 1. The van der Waals surface area contributed by atoms with Gasteiger partial charge in [0.1, 0.15) is 0 Å². The fourth-order valence-corrected chi connectivity index (χ4v) is 4.28. The van der Waals surface area contributed by atoms with Crippen LogP contribution in [0.15, 0.2) is 24.3 Å². The Morgan fingerprint density at radius 3 is 2.21 bits per heavy atom. The zero-order valence-corrected chi connectivity index (χ0v) is 16.5. The molecule has 1 atom stereocenters. The third-order valence-corrected chi connectivity index (χ3v) is 6.19. The monoisotopic (exact) mass is 330 g/mol. The van der Waals surface area contributed by atoms with E-state index in [2.05, 4.69) is 45.2 Å². The van der Waals surface area contributed by atoms with Gasteiger partial charge in [0.2, 0.25) is 0 Å². The van der Waals surface area contributed by atoms with Crippen LogP contribution in [0.2, 0.25) is 0 Å². The summed E-state index contributed by atoms with van der Waals surface area (Å²) in [5.74, 6) is 0.767. The minimum atomic E-state index is 0.767. The fourth-order valence-electron chi connectivity index (χ4n) is 4.28. The summed E-state index contributed by atoms with van der Waals surface area (Å²) in [6.45, 7) is 8.72. The Morgan fingerprint density at radius 2 is 1.58 bits per heavy atom. The Morgan fingerprint density at radius 1 is 0.917 bits per heavy atom. The van der Waals surface area contributed by atoms with E-state index < -0.39 is 0 Å². The third kappa shape index (κ3) is 6.24. The van der Waals surface area contributed by atoms with Gasteiger partial charge < -0.3 is 4.48 Å². The average Bonchev–Trinajstić information content (AvgIpc) is 3.04. The maximum atomic E-state index is 2.44. The van der Waals surface area contributed by atoms with Crippen molar-refractivity contribution in [2.45, 2.75) is 84.0 Å². The summed E-state index contributed by atoms with van der Waals surface area (Å²) in [6, 6.07) is 9.63. The fraction of sp³-hybridized carbons (Fsp3) is 0.739. The molecule has 0 amide bonds. The molecular formula is C23H40N+. The van der Waals surface area contributed by atoms with Crippen LogP contribution in [0.3, 0.4) is 0 Å². The van der Waals surface area contributed by atoms with Crippen LogP contribution in [0.1, 0.15) is 88.7 Å². The van der Waals surface area contributed by atoms with E-state index in [9.17, 15) is 0 Å². The highest BCUT2D eigenvalue weighted by molar-refractivity contribution is 5.25. The van der Waals surface area contributed by atoms with Crippen molar-refractivity contribution in [2.24, 2.45) is 0 Å². The van der Waals surface area contributed by atoms with Crippen molar-refractivity contribution in [2.75, 3.05) is 26.7 Å². The number of benzene rings is 1. The Hall–Kier alpha value is -0.820. The number of likely N-dealkylation sites (tertiary alicyclic amines) is 1. The molecular weight excluding hydrogens is 290 g/mol. The summed E-state index contributed by atoms with van der Waals surface area (Å²) in [5, 5.41) is 0. The van der Waals surface area contributed by atoms with Gasteiger partial charge in [-0.1, -0.05) is 70.2 Å². The van der Waals surface area contributed by atoms with E-state index >= 15 is 0 Å².